The molecule has 1 aliphatic carbocycles. The van der Waals surface area contributed by atoms with Gasteiger partial charge in [0.15, 0.2) is 0 Å². The van der Waals surface area contributed by atoms with Crippen LogP contribution in [0.2, 0.25) is 0 Å². The van der Waals surface area contributed by atoms with E-state index in [4.69, 9.17) is 0 Å². The molecule has 1 fully saturated rings. The molecular formula is C16H21N. The molecule has 1 aliphatic rings. The van der Waals surface area contributed by atoms with Gasteiger partial charge in [-0.25, -0.2) is 0 Å². The van der Waals surface area contributed by atoms with Crippen LogP contribution in [-0.4, -0.2) is 0 Å². The monoisotopic (exact) mass is 227 g/mol. The molecule has 17 heavy (non-hydrogen) atoms. The molecule has 1 heteroatoms. The number of hydrogen-bond donors (Lipinski definition) is 0. The van der Waals surface area contributed by atoms with Crippen molar-refractivity contribution in [1.29, 1.82) is 5.26 Å². The summed E-state index contributed by atoms with van der Waals surface area (Å²) in [7, 11) is 0. The molecule has 0 bridgehead atoms. The molecule has 1 nitrogen and oxygen atoms in total. The van der Waals surface area contributed by atoms with E-state index in [2.05, 4.69) is 44.2 Å². The second-order valence-corrected chi connectivity index (χ2v) is 5.70. The zero-order valence-electron chi connectivity index (χ0n) is 10.9. The maximum Gasteiger partial charge on any atom is 0.0693 e. The van der Waals surface area contributed by atoms with Gasteiger partial charge in [-0.1, -0.05) is 44.0 Å². The lowest BCUT2D eigenvalue weighted by atomic mass is 9.68. The Hall–Kier alpha value is -1.29. The Kier molecular flexibility index (Phi) is 3.52. The Morgan fingerprint density at radius 2 is 2.18 bits per heavy atom. The van der Waals surface area contributed by atoms with Crippen molar-refractivity contribution in [2.24, 2.45) is 11.3 Å². The van der Waals surface area contributed by atoms with E-state index in [1.807, 2.05) is 0 Å². The molecule has 0 N–H and O–H groups in total. The van der Waals surface area contributed by atoms with E-state index in [9.17, 15) is 5.26 Å². The first kappa shape index (κ1) is 12.2. The number of rotatable bonds is 2. The minimum atomic E-state index is -0.107. The van der Waals surface area contributed by atoms with Crippen molar-refractivity contribution in [2.75, 3.05) is 0 Å². The van der Waals surface area contributed by atoms with Crippen LogP contribution in [0.4, 0.5) is 0 Å². The molecule has 1 aromatic rings. The average molecular weight is 227 g/mol. The lowest BCUT2D eigenvalue weighted by Crippen LogP contribution is -2.28. The molecule has 0 saturated heterocycles. The first-order valence-electron chi connectivity index (χ1n) is 6.61. The molecule has 1 saturated carbocycles. The summed E-state index contributed by atoms with van der Waals surface area (Å²) in [4.78, 5) is 0. The fraction of sp³-hybridized carbons (Fsp3) is 0.562. The third-order valence-electron chi connectivity index (χ3n) is 4.12. The van der Waals surface area contributed by atoms with Gasteiger partial charge in [0.25, 0.3) is 0 Å². The van der Waals surface area contributed by atoms with Crippen LogP contribution in [-0.2, 0) is 6.42 Å². The third-order valence-corrected chi connectivity index (χ3v) is 4.12. The van der Waals surface area contributed by atoms with Gasteiger partial charge in [-0.2, -0.15) is 5.26 Å². The first-order chi connectivity index (χ1) is 8.15. The quantitative estimate of drug-likeness (QED) is 0.740. The maximum absolute atomic E-state index is 9.56. The zero-order valence-corrected chi connectivity index (χ0v) is 10.9. The molecule has 0 heterocycles. The van der Waals surface area contributed by atoms with Gasteiger partial charge < -0.3 is 0 Å². The topological polar surface area (TPSA) is 23.8 Å². The van der Waals surface area contributed by atoms with Gasteiger partial charge in [0.1, 0.15) is 0 Å². The van der Waals surface area contributed by atoms with E-state index in [1.165, 1.54) is 24.0 Å². The Morgan fingerprint density at radius 1 is 1.41 bits per heavy atom. The van der Waals surface area contributed by atoms with Crippen LogP contribution in [0.15, 0.2) is 24.3 Å². The largest absolute Gasteiger partial charge is 0.198 e. The summed E-state index contributed by atoms with van der Waals surface area (Å²) in [6, 6.07) is 11.1. The Balaban J connectivity index is 2.20. The summed E-state index contributed by atoms with van der Waals surface area (Å²) in [6.07, 6.45) is 5.57. The summed E-state index contributed by atoms with van der Waals surface area (Å²) < 4.78 is 0. The van der Waals surface area contributed by atoms with Crippen LogP contribution in [0.3, 0.4) is 0 Å². The van der Waals surface area contributed by atoms with Crippen molar-refractivity contribution in [3.05, 3.63) is 35.4 Å². The Bertz CT molecular complexity index is 429. The van der Waals surface area contributed by atoms with Crippen LogP contribution in [0.5, 0.6) is 0 Å². The molecule has 2 unspecified atom stereocenters. The minimum absolute atomic E-state index is 0.107. The van der Waals surface area contributed by atoms with Crippen LogP contribution < -0.4 is 0 Å². The van der Waals surface area contributed by atoms with Crippen molar-refractivity contribution in [3.8, 4) is 6.07 Å². The molecule has 90 valence electrons. The van der Waals surface area contributed by atoms with Crippen molar-refractivity contribution in [2.45, 2.75) is 46.0 Å². The predicted octanol–water partition coefficient (Wildman–Crippen LogP) is 4.26. The SMILES string of the molecule is Cc1ccccc1CC1(C#N)CCCC(C)C1. The fourth-order valence-electron chi connectivity index (χ4n) is 3.13. The summed E-state index contributed by atoms with van der Waals surface area (Å²) in [6.45, 7) is 4.43. The van der Waals surface area contributed by atoms with Gasteiger partial charge in [-0.3, -0.25) is 0 Å². The highest BCUT2D eigenvalue weighted by molar-refractivity contribution is 5.28. The number of benzene rings is 1. The molecule has 1 aromatic carbocycles. The van der Waals surface area contributed by atoms with Crippen molar-refractivity contribution < 1.29 is 0 Å². The Morgan fingerprint density at radius 3 is 2.82 bits per heavy atom. The normalized spacial score (nSPS) is 28.6. The van der Waals surface area contributed by atoms with Gasteiger partial charge >= 0.3 is 0 Å². The van der Waals surface area contributed by atoms with Gasteiger partial charge in [-0.15, -0.1) is 0 Å². The molecule has 0 aromatic heterocycles. The molecule has 0 spiro atoms. The molecule has 0 amide bonds. The van der Waals surface area contributed by atoms with Gasteiger partial charge in [-0.05, 0) is 43.2 Å². The highest BCUT2D eigenvalue weighted by Gasteiger charge is 2.35. The Labute approximate surface area is 104 Å². The van der Waals surface area contributed by atoms with E-state index in [1.54, 1.807) is 0 Å². The fourth-order valence-corrected chi connectivity index (χ4v) is 3.13. The molecule has 2 rings (SSSR count). The summed E-state index contributed by atoms with van der Waals surface area (Å²) in [5.74, 6) is 0.701. The third kappa shape index (κ3) is 2.69. The van der Waals surface area contributed by atoms with Crippen LogP contribution >= 0.6 is 0 Å². The number of hydrogen-bond acceptors (Lipinski definition) is 1. The lowest BCUT2D eigenvalue weighted by Gasteiger charge is -2.34. The van der Waals surface area contributed by atoms with E-state index in [-0.39, 0.29) is 5.41 Å². The van der Waals surface area contributed by atoms with Crippen molar-refractivity contribution >= 4 is 0 Å². The second-order valence-electron chi connectivity index (χ2n) is 5.70. The lowest BCUT2D eigenvalue weighted by molar-refractivity contribution is 0.209. The smallest absolute Gasteiger partial charge is 0.0693 e. The average Bonchev–Trinajstić information content (AvgIpc) is 2.32. The summed E-state index contributed by atoms with van der Waals surface area (Å²) in [5.41, 5.74) is 2.56. The van der Waals surface area contributed by atoms with E-state index >= 15 is 0 Å². The van der Waals surface area contributed by atoms with Crippen LogP contribution in [0, 0.1) is 29.6 Å². The van der Waals surface area contributed by atoms with Crippen LogP contribution in [0.1, 0.15) is 43.7 Å². The maximum atomic E-state index is 9.56. The minimum Gasteiger partial charge on any atom is -0.198 e. The standard InChI is InChI=1S/C16H21N/c1-13-6-5-9-16(10-13,12-17)11-15-8-4-3-7-14(15)2/h3-4,7-8,13H,5-6,9-11H2,1-2H3. The summed E-state index contributed by atoms with van der Waals surface area (Å²) >= 11 is 0. The first-order valence-corrected chi connectivity index (χ1v) is 6.61. The second kappa shape index (κ2) is 4.92. The van der Waals surface area contributed by atoms with E-state index < -0.39 is 0 Å². The molecule has 0 aliphatic heterocycles. The highest BCUT2D eigenvalue weighted by atomic mass is 14.4. The molecule has 0 radical (unpaired) electrons. The zero-order chi connectivity index (χ0) is 12.3. The number of aryl methyl sites for hydroxylation is 1. The van der Waals surface area contributed by atoms with Gasteiger partial charge in [0, 0.05) is 0 Å². The summed E-state index contributed by atoms with van der Waals surface area (Å²) in [5, 5.41) is 9.56. The molecule has 2 atom stereocenters. The van der Waals surface area contributed by atoms with Crippen molar-refractivity contribution in [1.82, 2.24) is 0 Å². The number of nitriles is 1. The van der Waals surface area contributed by atoms with Crippen molar-refractivity contribution in [3.63, 3.8) is 0 Å². The van der Waals surface area contributed by atoms with Gasteiger partial charge in [0.2, 0.25) is 0 Å². The highest BCUT2D eigenvalue weighted by Crippen LogP contribution is 2.41. The molecular weight excluding hydrogens is 206 g/mol. The van der Waals surface area contributed by atoms with E-state index in [0.29, 0.717) is 5.92 Å². The van der Waals surface area contributed by atoms with E-state index in [0.717, 1.165) is 19.3 Å². The predicted molar refractivity (Wildman–Crippen MR) is 70.6 cm³/mol. The van der Waals surface area contributed by atoms with Crippen LogP contribution in [0.25, 0.3) is 0 Å². The number of nitrogens with zero attached hydrogens (tertiary/aromatic N) is 1. The van der Waals surface area contributed by atoms with Gasteiger partial charge in [0.05, 0.1) is 11.5 Å².